The monoisotopic (exact) mass is 297 g/mol. The summed E-state index contributed by atoms with van der Waals surface area (Å²) in [5.74, 6) is 2.14. The number of rotatable bonds is 7. The van der Waals surface area contributed by atoms with Crippen LogP contribution in [0.1, 0.15) is 80.1 Å². The van der Waals surface area contributed by atoms with Gasteiger partial charge in [-0.25, -0.2) is 0 Å². The molecule has 1 rings (SSSR count). The molecule has 0 aromatic carbocycles. The van der Waals surface area contributed by atoms with Crippen molar-refractivity contribution in [3.8, 4) is 0 Å². The van der Waals surface area contributed by atoms with Crippen LogP contribution in [0.4, 0.5) is 0 Å². The van der Waals surface area contributed by atoms with Gasteiger partial charge >= 0.3 is 0 Å². The molecule has 0 aromatic heterocycles. The standard InChI is InChI=1S/C19H39NO/c1-13(2)11-16(19(4,5)6)17(20)18(21)14(3)12-15-9-7-8-10-15/h13-18,21H,7-12,20H2,1-6H3. The Balaban J connectivity index is 2.65. The molecule has 2 nitrogen and oxygen atoms in total. The number of aliphatic hydroxyl groups excluding tert-OH is 1. The molecule has 0 aliphatic heterocycles. The fourth-order valence-electron chi connectivity index (χ4n) is 4.12. The lowest BCUT2D eigenvalue weighted by Crippen LogP contribution is -2.49. The summed E-state index contributed by atoms with van der Waals surface area (Å²) in [4.78, 5) is 0. The molecule has 4 atom stereocenters. The topological polar surface area (TPSA) is 46.2 Å². The molecular formula is C19H39NO. The Hall–Kier alpha value is -0.0800. The first-order valence-electron chi connectivity index (χ1n) is 9.06. The minimum atomic E-state index is -0.367. The fraction of sp³-hybridized carbons (Fsp3) is 1.00. The second kappa shape index (κ2) is 7.97. The summed E-state index contributed by atoms with van der Waals surface area (Å²) in [7, 11) is 0. The lowest BCUT2D eigenvalue weighted by atomic mass is 9.69. The van der Waals surface area contributed by atoms with Crippen LogP contribution in [0.5, 0.6) is 0 Å². The van der Waals surface area contributed by atoms with E-state index in [4.69, 9.17) is 5.73 Å². The van der Waals surface area contributed by atoms with Gasteiger partial charge in [0.2, 0.25) is 0 Å². The summed E-state index contributed by atoms with van der Waals surface area (Å²) >= 11 is 0. The Morgan fingerprint density at radius 3 is 2.05 bits per heavy atom. The van der Waals surface area contributed by atoms with E-state index in [1.165, 1.54) is 25.7 Å². The smallest absolute Gasteiger partial charge is 0.0719 e. The van der Waals surface area contributed by atoms with Crippen LogP contribution in [0.15, 0.2) is 0 Å². The molecule has 0 bridgehead atoms. The van der Waals surface area contributed by atoms with E-state index in [1.54, 1.807) is 0 Å². The summed E-state index contributed by atoms with van der Waals surface area (Å²) < 4.78 is 0. The first-order chi connectivity index (χ1) is 9.62. The van der Waals surface area contributed by atoms with E-state index in [0.29, 0.717) is 17.8 Å². The van der Waals surface area contributed by atoms with Crippen molar-refractivity contribution in [2.24, 2.45) is 34.8 Å². The summed E-state index contributed by atoms with van der Waals surface area (Å²) in [6, 6.07) is -0.108. The highest BCUT2D eigenvalue weighted by atomic mass is 16.3. The summed E-state index contributed by atoms with van der Waals surface area (Å²) in [6.45, 7) is 13.5. The third-order valence-electron chi connectivity index (χ3n) is 5.46. The molecule has 4 unspecified atom stereocenters. The molecule has 126 valence electrons. The SMILES string of the molecule is CC(C)CC(C(N)C(O)C(C)CC1CCCC1)C(C)(C)C. The van der Waals surface area contributed by atoms with Crippen LogP contribution in [-0.2, 0) is 0 Å². The van der Waals surface area contributed by atoms with Gasteiger partial charge in [0.15, 0.2) is 0 Å². The molecule has 21 heavy (non-hydrogen) atoms. The van der Waals surface area contributed by atoms with Crippen molar-refractivity contribution < 1.29 is 5.11 Å². The van der Waals surface area contributed by atoms with Crippen molar-refractivity contribution in [3.05, 3.63) is 0 Å². The summed E-state index contributed by atoms with van der Waals surface area (Å²) in [5, 5.41) is 10.8. The van der Waals surface area contributed by atoms with E-state index >= 15 is 0 Å². The third kappa shape index (κ3) is 5.90. The molecule has 0 amide bonds. The maximum absolute atomic E-state index is 10.8. The lowest BCUT2D eigenvalue weighted by Gasteiger charge is -2.40. The van der Waals surface area contributed by atoms with Crippen molar-refractivity contribution >= 4 is 0 Å². The number of nitrogens with two attached hydrogens (primary N) is 1. The highest BCUT2D eigenvalue weighted by molar-refractivity contribution is 4.90. The van der Waals surface area contributed by atoms with E-state index in [2.05, 4.69) is 41.5 Å². The normalized spacial score (nSPS) is 23.3. The minimum absolute atomic E-state index is 0.108. The fourth-order valence-corrected chi connectivity index (χ4v) is 4.12. The van der Waals surface area contributed by atoms with E-state index < -0.39 is 0 Å². The second-order valence-electron chi connectivity index (χ2n) is 9.03. The van der Waals surface area contributed by atoms with E-state index in [1.807, 2.05) is 0 Å². The Morgan fingerprint density at radius 2 is 1.62 bits per heavy atom. The molecule has 0 heterocycles. The zero-order chi connectivity index (χ0) is 16.2. The first-order valence-corrected chi connectivity index (χ1v) is 9.06. The Bertz CT molecular complexity index is 288. The zero-order valence-electron chi connectivity index (χ0n) is 15.2. The van der Waals surface area contributed by atoms with Crippen LogP contribution in [0, 0.1) is 29.1 Å². The number of hydrogen-bond acceptors (Lipinski definition) is 2. The molecule has 3 N–H and O–H groups in total. The quantitative estimate of drug-likeness (QED) is 0.721. The molecule has 0 radical (unpaired) electrons. The van der Waals surface area contributed by atoms with Crippen LogP contribution in [0.3, 0.4) is 0 Å². The number of hydrogen-bond donors (Lipinski definition) is 2. The Morgan fingerprint density at radius 1 is 1.10 bits per heavy atom. The van der Waals surface area contributed by atoms with Crippen LogP contribution in [-0.4, -0.2) is 17.3 Å². The van der Waals surface area contributed by atoms with Crippen molar-refractivity contribution in [1.29, 1.82) is 0 Å². The molecule has 1 saturated carbocycles. The molecule has 1 fully saturated rings. The van der Waals surface area contributed by atoms with Crippen LogP contribution in [0.25, 0.3) is 0 Å². The Kier molecular flexibility index (Phi) is 7.19. The van der Waals surface area contributed by atoms with Crippen molar-refractivity contribution in [2.75, 3.05) is 0 Å². The van der Waals surface area contributed by atoms with Gasteiger partial charge in [0.05, 0.1) is 6.10 Å². The maximum atomic E-state index is 10.8. The van der Waals surface area contributed by atoms with E-state index in [9.17, 15) is 5.11 Å². The first kappa shape index (κ1) is 19.0. The summed E-state index contributed by atoms with van der Waals surface area (Å²) in [6.07, 6.45) is 7.32. The van der Waals surface area contributed by atoms with Crippen LogP contribution in [0.2, 0.25) is 0 Å². The van der Waals surface area contributed by atoms with Crippen LogP contribution >= 0.6 is 0 Å². The predicted molar refractivity (Wildman–Crippen MR) is 92.1 cm³/mol. The molecule has 0 aromatic rings. The average Bonchev–Trinajstić information content (AvgIpc) is 2.85. The summed E-state index contributed by atoms with van der Waals surface area (Å²) in [5.41, 5.74) is 6.67. The van der Waals surface area contributed by atoms with Crippen LogP contribution < -0.4 is 5.73 Å². The maximum Gasteiger partial charge on any atom is 0.0719 e. The molecule has 2 heteroatoms. The van der Waals surface area contributed by atoms with Gasteiger partial charge in [-0.05, 0) is 41.9 Å². The zero-order valence-corrected chi connectivity index (χ0v) is 15.2. The minimum Gasteiger partial charge on any atom is -0.391 e. The average molecular weight is 298 g/mol. The highest BCUT2D eigenvalue weighted by Gasteiger charge is 2.36. The van der Waals surface area contributed by atoms with E-state index in [-0.39, 0.29) is 17.6 Å². The van der Waals surface area contributed by atoms with Crippen molar-refractivity contribution in [2.45, 2.75) is 92.2 Å². The number of aliphatic hydroxyl groups is 1. The van der Waals surface area contributed by atoms with Gasteiger partial charge in [0.1, 0.15) is 0 Å². The lowest BCUT2D eigenvalue weighted by molar-refractivity contribution is 0.0244. The van der Waals surface area contributed by atoms with Gasteiger partial charge in [0, 0.05) is 6.04 Å². The van der Waals surface area contributed by atoms with Gasteiger partial charge in [-0.3, -0.25) is 0 Å². The molecular weight excluding hydrogens is 258 g/mol. The molecule has 1 aliphatic rings. The highest BCUT2D eigenvalue weighted by Crippen LogP contribution is 2.37. The van der Waals surface area contributed by atoms with Gasteiger partial charge in [0.25, 0.3) is 0 Å². The predicted octanol–water partition coefficient (Wildman–Crippen LogP) is 4.60. The molecule has 0 spiro atoms. The van der Waals surface area contributed by atoms with Gasteiger partial charge < -0.3 is 10.8 Å². The molecule has 0 saturated heterocycles. The third-order valence-corrected chi connectivity index (χ3v) is 5.46. The Labute approximate surface area is 132 Å². The van der Waals surface area contributed by atoms with Gasteiger partial charge in [-0.2, -0.15) is 0 Å². The van der Waals surface area contributed by atoms with Crippen molar-refractivity contribution in [3.63, 3.8) is 0 Å². The second-order valence-corrected chi connectivity index (χ2v) is 9.03. The van der Waals surface area contributed by atoms with Gasteiger partial charge in [-0.1, -0.05) is 67.2 Å². The van der Waals surface area contributed by atoms with Gasteiger partial charge in [-0.15, -0.1) is 0 Å². The van der Waals surface area contributed by atoms with E-state index in [0.717, 1.165) is 18.8 Å². The molecule has 1 aliphatic carbocycles. The largest absolute Gasteiger partial charge is 0.391 e. The van der Waals surface area contributed by atoms with Crippen molar-refractivity contribution in [1.82, 2.24) is 0 Å².